The Labute approximate surface area is 124 Å². The highest BCUT2D eigenvalue weighted by atomic mass is 16.5. The van der Waals surface area contributed by atoms with E-state index in [-0.39, 0.29) is 12.6 Å². The number of aryl methyl sites for hydroxylation is 1. The van der Waals surface area contributed by atoms with Crippen molar-refractivity contribution >= 4 is 5.97 Å². The lowest BCUT2D eigenvalue weighted by Gasteiger charge is -2.19. The fraction of sp³-hybridized carbons (Fsp3) is 0.786. The molecule has 7 nitrogen and oxygen atoms in total. The van der Waals surface area contributed by atoms with Crippen molar-refractivity contribution in [1.29, 1.82) is 0 Å². The number of aromatic nitrogens is 3. The van der Waals surface area contributed by atoms with Crippen LogP contribution < -0.4 is 5.32 Å². The van der Waals surface area contributed by atoms with Crippen LogP contribution >= 0.6 is 0 Å². The molecule has 0 radical (unpaired) electrons. The summed E-state index contributed by atoms with van der Waals surface area (Å²) in [6.45, 7) is 2.84. The Balaban J connectivity index is 2.05. The van der Waals surface area contributed by atoms with Gasteiger partial charge < -0.3 is 9.84 Å². The van der Waals surface area contributed by atoms with E-state index in [0.29, 0.717) is 31.3 Å². The minimum Gasteiger partial charge on any atom is -0.465 e. The van der Waals surface area contributed by atoms with Crippen molar-refractivity contribution in [3.63, 3.8) is 0 Å². The molecule has 0 bridgehead atoms. The molecule has 1 unspecified atom stereocenters. The van der Waals surface area contributed by atoms with Gasteiger partial charge in [-0.15, -0.1) is 5.10 Å². The largest absolute Gasteiger partial charge is 0.465 e. The zero-order valence-electron chi connectivity index (χ0n) is 12.5. The molecule has 1 heterocycles. The second-order valence-corrected chi connectivity index (χ2v) is 5.32. The van der Waals surface area contributed by atoms with E-state index >= 15 is 0 Å². The van der Waals surface area contributed by atoms with Crippen LogP contribution in [0, 0.1) is 0 Å². The van der Waals surface area contributed by atoms with Crippen LogP contribution in [0.2, 0.25) is 0 Å². The summed E-state index contributed by atoms with van der Waals surface area (Å²) >= 11 is 0. The molecular weight excluding hydrogens is 272 g/mol. The number of ether oxygens (including phenoxy) is 1. The third-order valence-corrected chi connectivity index (χ3v) is 3.68. The summed E-state index contributed by atoms with van der Waals surface area (Å²) in [6.07, 6.45) is 6.90. The average Bonchev–Trinajstić information content (AvgIpc) is 3.14. The van der Waals surface area contributed by atoms with Gasteiger partial charge in [0.25, 0.3) is 0 Å². The van der Waals surface area contributed by atoms with E-state index in [1.165, 1.54) is 12.8 Å². The predicted molar refractivity (Wildman–Crippen MR) is 76.5 cm³/mol. The van der Waals surface area contributed by atoms with Crippen LogP contribution in [-0.4, -0.2) is 45.3 Å². The fourth-order valence-electron chi connectivity index (χ4n) is 2.62. The van der Waals surface area contributed by atoms with Crippen molar-refractivity contribution in [2.45, 2.75) is 57.7 Å². The minimum atomic E-state index is -0.559. The Bertz CT molecular complexity index is 443. The maximum absolute atomic E-state index is 12.2. The van der Waals surface area contributed by atoms with Gasteiger partial charge in [0.1, 0.15) is 5.69 Å². The highest BCUT2D eigenvalue weighted by molar-refractivity contribution is 5.77. The molecule has 21 heavy (non-hydrogen) atoms. The van der Waals surface area contributed by atoms with Gasteiger partial charge in [-0.1, -0.05) is 18.1 Å². The summed E-state index contributed by atoms with van der Waals surface area (Å²) in [5.74, 6) is -0.307. The van der Waals surface area contributed by atoms with Crippen LogP contribution in [-0.2, 0) is 16.1 Å². The van der Waals surface area contributed by atoms with Gasteiger partial charge in [0.2, 0.25) is 0 Å². The second kappa shape index (κ2) is 8.09. The predicted octanol–water partition coefficient (Wildman–Crippen LogP) is 0.797. The first-order valence-corrected chi connectivity index (χ1v) is 7.68. The van der Waals surface area contributed by atoms with Gasteiger partial charge in [-0.2, -0.15) is 0 Å². The molecule has 1 aliphatic rings. The molecule has 1 fully saturated rings. The summed E-state index contributed by atoms with van der Waals surface area (Å²) in [5.41, 5.74) is 0.582. The zero-order valence-corrected chi connectivity index (χ0v) is 12.5. The summed E-state index contributed by atoms with van der Waals surface area (Å²) < 4.78 is 6.79. The number of rotatable bonds is 8. The molecule has 118 valence electrons. The van der Waals surface area contributed by atoms with Crippen molar-refractivity contribution in [1.82, 2.24) is 20.3 Å². The lowest BCUT2D eigenvalue weighted by atomic mass is 10.1. The molecular formula is C14H24N4O3. The number of hydrogen-bond donors (Lipinski definition) is 2. The maximum Gasteiger partial charge on any atom is 0.329 e. The minimum absolute atomic E-state index is 0.108. The zero-order chi connectivity index (χ0) is 15.1. The molecule has 1 saturated carbocycles. The number of esters is 1. The van der Waals surface area contributed by atoms with E-state index in [2.05, 4.69) is 15.6 Å². The van der Waals surface area contributed by atoms with Crippen LogP contribution in [0.25, 0.3) is 0 Å². The summed E-state index contributed by atoms with van der Waals surface area (Å²) in [7, 11) is 0. The highest BCUT2D eigenvalue weighted by Crippen LogP contribution is 2.22. The quantitative estimate of drug-likeness (QED) is 0.690. The van der Waals surface area contributed by atoms with E-state index in [1.807, 2.05) is 0 Å². The highest BCUT2D eigenvalue weighted by Gasteiger charge is 2.29. The Morgan fingerprint density at radius 3 is 3.00 bits per heavy atom. The smallest absolute Gasteiger partial charge is 0.329 e. The Morgan fingerprint density at radius 1 is 1.57 bits per heavy atom. The number of carbonyl (C=O) groups is 1. The van der Waals surface area contributed by atoms with Crippen LogP contribution in [0.4, 0.5) is 0 Å². The Hall–Kier alpha value is -1.47. The molecule has 7 heteroatoms. The Kier molecular flexibility index (Phi) is 6.13. The van der Waals surface area contributed by atoms with Crippen LogP contribution in [0.1, 0.15) is 50.8 Å². The van der Waals surface area contributed by atoms with E-state index < -0.39 is 6.04 Å². The van der Waals surface area contributed by atoms with Gasteiger partial charge >= 0.3 is 5.97 Å². The van der Waals surface area contributed by atoms with Gasteiger partial charge in [0.15, 0.2) is 6.04 Å². The lowest BCUT2D eigenvalue weighted by molar-refractivity contribution is -0.146. The molecule has 2 N–H and O–H groups in total. The van der Waals surface area contributed by atoms with Crippen molar-refractivity contribution in [2.75, 3.05) is 13.2 Å². The maximum atomic E-state index is 12.2. The molecule has 1 aliphatic carbocycles. The van der Waals surface area contributed by atoms with E-state index in [9.17, 15) is 4.79 Å². The molecule has 0 spiro atoms. The number of carbonyl (C=O) groups excluding carboxylic acids is 1. The normalized spacial score (nSPS) is 17.0. The van der Waals surface area contributed by atoms with Gasteiger partial charge in [-0.05, 0) is 26.2 Å². The standard InChI is InChI=1S/C14H24N4O3/c1-2-21-14(20)13(15-11-6-3-4-7-11)12-10-18(17-16-12)8-5-9-19/h10-11,13,15,19H,2-9H2,1H3. The average molecular weight is 296 g/mol. The summed E-state index contributed by atoms with van der Waals surface area (Å²) in [5, 5.41) is 20.3. The molecule has 1 atom stereocenters. The number of hydrogen-bond acceptors (Lipinski definition) is 6. The van der Waals surface area contributed by atoms with Gasteiger partial charge in [0, 0.05) is 19.2 Å². The summed E-state index contributed by atoms with van der Waals surface area (Å²) in [4.78, 5) is 12.2. The summed E-state index contributed by atoms with van der Waals surface area (Å²) in [6, 6.07) is -0.224. The van der Waals surface area contributed by atoms with Gasteiger partial charge in [-0.25, -0.2) is 4.79 Å². The SMILES string of the molecule is CCOC(=O)C(NC1CCCC1)c1cn(CCCO)nn1. The molecule has 1 aromatic rings. The van der Waals surface area contributed by atoms with Gasteiger partial charge in [0.05, 0.1) is 12.8 Å². The van der Waals surface area contributed by atoms with Crippen molar-refractivity contribution in [3.8, 4) is 0 Å². The van der Waals surface area contributed by atoms with Gasteiger partial charge in [-0.3, -0.25) is 10.00 Å². The number of aliphatic hydroxyl groups excluding tert-OH is 1. The molecule has 0 saturated heterocycles. The van der Waals surface area contributed by atoms with E-state index in [0.717, 1.165) is 12.8 Å². The molecule has 0 amide bonds. The van der Waals surface area contributed by atoms with E-state index in [4.69, 9.17) is 9.84 Å². The number of nitrogens with one attached hydrogen (secondary N) is 1. The molecule has 1 aromatic heterocycles. The van der Waals surface area contributed by atoms with Crippen molar-refractivity contribution < 1.29 is 14.6 Å². The first-order valence-electron chi connectivity index (χ1n) is 7.68. The van der Waals surface area contributed by atoms with E-state index in [1.54, 1.807) is 17.8 Å². The first-order chi connectivity index (χ1) is 10.2. The number of aliphatic hydroxyl groups is 1. The molecule has 0 aromatic carbocycles. The lowest BCUT2D eigenvalue weighted by Crippen LogP contribution is -2.36. The van der Waals surface area contributed by atoms with Crippen molar-refractivity contribution in [2.24, 2.45) is 0 Å². The Morgan fingerprint density at radius 2 is 2.33 bits per heavy atom. The second-order valence-electron chi connectivity index (χ2n) is 5.32. The molecule has 2 rings (SSSR count). The fourth-order valence-corrected chi connectivity index (χ4v) is 2.62. The third-order valence-electron chi connectivity index (χ3n) is 3.68. The topological polar surface area (TPSA) is 89.3 Å². The van der Waals surface area contributed by atoms with Crippen LogP contribution in [0.3, 0.4) is 0 Å². The first kappa shape index (κ1) is 15.9. The third kappa shape index (κ3) is 4.50. The van der Waals surface area contributed by atoms with Crippen molar-refractivity contribution in [3.05, 3.63) is 11.9 Å². The monoisotopic (exact) mass is 296 g/mol. The number of nitrogens with zero attached hydrogens (tertiary/aromatic N) is 3. The van der Waals surface area contributed by atoms with Crippen LogP contribution in [0.5, 0.6) is 0 Å². The molecule has 0 aliphatic heterocycles. The van der Waals surface area contributed by atoms with Crippen LogP contribution in [0.15, 0.2) is 6.20 Å².